The Morgan fingerprint density at radius 3 is 2.15 bits per heavy atom. The minimum absolute atomic E-state index is 0.00554. The highest BCUT2D eigenvalue weighted by molar-refractivity contribution is 6.00. The third kappa shape index (κ3) is 3.90. The number of pyridine rings is 1. The molecule has 208 valence electrons. The van der Waals surface area contributed by atoms with E-state index in [2.05, 4.69) is 30.0 Å². The van der Waals surface area contributed by atoms with Crippen LogP contribution in [-0.4, -0.2) is 36.3 Å². The van der Waals surface area contributed by atoms with Crippen molar-refractivity contribution in [2.75, 3.05) is 18.0 Å². The second-order valence-electron chi connectivity index (χ2n) is 10.9. The molecule has 5 aromatic rings. The molecule has 1 aliphatic rings. The van der Waals surface area contributed by atoms with Crippen LogP contribution in [0.3, 0.4) is 0 Å². The van der Waals surface area contributed by atoms with E-state index in [1.54, 1.807) is 11.6 Å². The number of rotatable bonds is 5. The third-order valence-corrected chi connectivity index (χ3v) is 8.60. The van der Waals surface area contributed by atoms with Crippen LogP contribution in [0.1, 0.15) is 50.9 Å². The second-order valence-corrected chi connectivity index (χ2v) is 10.9. The number of anilines is 1. The molecular formula is C31H36N6O3. The Kier molecular flexibility index (Phi) is 6.40. The van der Waals surface area contributed by atoms with Crippen molar-refractivity contribution in [1.29, 1.82) is 0 Å². The minimum Gasteiger partial charge on any atom is -0.371 e. The van der Waals surface area contributed by atoms with Crippen molar-refractivity contribution in [3.8, 4) is 0 Å². The number of fused-ring (bicyclic) bond motifs is 3. The van der Waals surface area contributed by atoms with Gasteiger partial charge in [0.1, 0.15) is 0 Å². The molecule has 0 N–H and O–H groups in total. The number of aryl methyl sites for hydroxylation is 5. The summed E-state index contributed by atoms with van der Waals surface area (Å²) in [4.78, 5) is 47.1. The summed E-state index contributed by atoms with van der Waals surface area (Å²) in [6.07, 6.45) is 2.17. The zero-order valence-corrected chi connectivity index (χ0v) is 23.9. The van der Waals surface area contributed by atoms with E-state index in [0.717, 1.165) is 45.3 Å². The van der Waals surface area contributed by atoms with Crippen LogP contribution < -0.4 is 21.8 Å². The van der Waals surface area contributed by atoms with E-state index in [1.165, 1.54) is 4.57 Å². The van der Waals surface area contributed by atoms with Crippen molar-refractivity contribution in [3.63, 3.8) is 0 Å². The summed E-state index contributed by atoms with van der Waals surface area (Å²) in [5.41, 5.74) is 6.01. The van der Waals surface area contributed by atoms with Crippen LogP contribution in [0.5, 0.6) is 0 Å². The van der Waals surface area contributed by atoms with Gasteiger partial charge in [-0.25, -0.2) is 9.59 Å². The lowest BCUT2D eigenvalue weighted by atomic mass is 10.0. The first-order valence-electron chi connectivity index (χ1n) is 14.3. The van der Waals surface area contributed by atoms with Crippen LogP contribution in [0.2, 0.25) is 0 Å². The molecule has 0 bridgehead atoms. The second kappa shape index (κ2) is 9.80. The van der Waals surface area contributed by atoms with E-state index in [1.807, 2.05) is 48.1 Å². The van der Waals surface area contributed by atoms with Crippen LogP contribution in [0.25, 0.3) is 32.8 Å². The molecule has 0 radical (unpaired) electrons. The van der Waals surface area contributed by atoms with Crippen molar-refractivity contribution in [1.82, 2.24) is 23.3 Å². The molecule has 0 unspecified atom stereocenters. The molecule has 2 aromatic carbocycles. The summed E-state index contributed by atoms with van der Waals surface area (Å²) < 4.78 is 6.70. The Bertz CT molecular complexity index is 1970. The molecule has 3 aromatic heterocycles. The van der Waals surface area contributed by atoms with Crippen LogP contribution in [0.4, 0.5) is 5.69 Å². The number of piperidine rings is 1. The lowest BCUT2D eigenvalue weighted by molar-refractivity contribution is 0.372. The highest BCUT2D eigenvalue weighted by atomic mass is 16.2. The van der Waals surface area contributed by atoms with Gasteiger partial charge in [0.2, 0.25) is 0 Å². The van der Waals surface area contributed by atoms with Crippen molar-refractivity contribution in [3.05, 3.63) is 79.0 Å². The van der Waals surface area contributed by atoms with Crippen molar-refractivity contribution >= 4 is 38.5 Å². The molecule has 0 amide bonds. The summed E-state index contributed by atoms with van der Waals surface area (Å²) in [7, 11) is 1.74. The molecule has 0 aliphatic carbocycles. The van der Waals surface area contributed by atoms with Crippen LogP contribution >= 0.6 is 0 Å². The normalized spacial score (nSPS) is 14.7. The first-order chi connectivity index (χ1) is 19.3. The average Bonchev–Trinajstić information content (AvgIpc) is 3.23. The van der Waals surface area contributed by atoms with Crippen LogP contribution in [0, 0.1) is 6.92 Å². The SMILES string of the molecule is CCc1cc(N2CCC(n3c(=O)c4cc(C)ccc4n(C)c3=O)CC2)c2cc3c(cc2n1)n(CC)c(=O)n3CC. The zero-order valence-electron chi connectivity index (χ0n) is 23.9. The monoisotopic (exact) mass is 540 g/mol. The number of hydrogen-bond donors (Lipinski definition) is 0. The van der Waals surface area contributed by atoms with Gasteiger partial charge in [-0.3, -0.25) is 28.0 Å². The molecule has 1 saturated heterocycles. The molecule has 9 nitrogen and oxygen atoms in total. The molecule has 40 heavy (non-hydrogen) atoms. The Morgan fingerprint density at radius 1 is 0.825 bits per heavy atom. The molecule has 0 saturated carbocycles. The Hall–Kier alpha value is -4.14. The van der Waals surface area contributed by atoms with E-state index < -0.39 is 0 Å². The molecule has 0 atom stereocenters. The van der Waals surface area contributed by atoms with Gasteiger partial charge in [-0.2, -0.15) is 0 Å². The molecule has 4 heterocycles. The smallest absolute Gasteiger partial charge is 0.331 e. The number of hydrogen-bond acceptors (Lipinski definition) is 5. The van der Waals surface area contributed by atoms with Gasteiger partial charge in [0.05, 0.1) is 27.5 Å². The van der Waals surface area contributed by atoms with Crippen molar-refractivity contribution in [2.45, 2.75) is 66.1 Å². The van der Waals surface area contributed by atoms with E-state index in [4.69, 9.17) is 4.98 Å². The van der Waals surface area contributed by atoms with E-state index in [-0.39, 0.29) is 23.0 Å². The predicted molar refractivity (Wildman–Crippen MR) is 161 cm³/mol. The Labute approximate surface area is 231 Å². The highest BCUT2D eigenvalue weighted by Gasteiger charge is 2.26. The van der Waals surface area contributed by atoms with E-state index in [9.17, 15) is 14.4 Å². The third-order valence-electron chi connectivity index (χ3n) is 8.60. The van der Waals surface area contributed by atoms with E-state index in [0.29, 0.717) is 49.9 Å². The quantitative estimate of drug-likeness (QED) is 0.335. The standard InChI is InChI=1S/C31H36N6O3/c1-6-20-16-26(22-17-27-28(18-24(22)32-20)36(8-3)31(40)35(27)7-2)34-13-11-21(12-14-34)37-29(38)23-15-19(4)9-10-25(23)33(5)30(37)39/h9-10,15-18,21H,6-8,11-14H2,1-5H3. The fourth-order valence-electron chi connectivity index (χ4n) is 6.41. The first-order valence-corrected chi connectivity index (χ1v) is 14.3. The minimum atomic E-state index is -0.261. The predicted octanol–water partition coefficient (Wildman–Crippen LogP) is 4.12. The zero-order chi connectivity index (χ0) is 28.3. The number of imidazole rings is 1. The van der Waals surface area contributed by atoms with Gasteiger partial charge in [-0.1, -0.05) is 18.6 Å². The van der Waals surface area contributed by atoms with Crippen LogP contribution in [-0.2, 0) is 26.6 Å². The molecule has 1 aliphatic heterocycles. The maximum absolute atomic E-state index is 13.5. The summed E-state index contributed by atoms with van der Waals surface area (Å²) in [6.45, 7) is 10.7. The number of benzene rings is 2. The van der Waals surface area contributed by atoms with Crippen LogP contribution in [0.15, 0.2) is 50.8 Å². The number of aromatic nitrogens is 5. The topological polar surface area (TPSA) is 87.1 Å². The number of nitrogens with zero attached hydrogens (tertiary/aromatic N) is 6. The van der Waals surface area contributed by atoms with Crippen molar-refractivity contribution < 1.29 is 0 Å². The molecular weight excluding hydrogens is 504 g/mol. The summed E-state index contributed by atoms with van der Waals surface area (Å²) in [5.74, 6) is 0. The van der Waals surface area contributed by atoms with Gasteiger partial charge in [0.15, 0.2) is 0 Å². The molecule has 1 fully saturated rings. The Morgan fingerprint density at radius 2 is 1.50 bits per heavy atom. The Balaban J connectivity index is 1.41. The van der Waals surface area contributed by atoms with Gasteiger partial charge in [0, 0.05) is 56.0 Å². The summed E-state index contributed by atoms with van der Waals surface area (Å²) >= 11 is 0. The van der Waals surface area contributed by atoms with Gasteiger partial charge >= 0.3 is 11.4 Å². The lowest BCUT2D eigenvalue weighted by Crippen LogP contribution is -2.45. The van der Waals surface area contributed by atoms with Gasteiger partial charge < -0.3 is 4.90 Å². The van der Waals surface area contributed by atoms with Gasteiger partial charge in [-0.05, 0) is 70.4 Å². The summed E-state index contributed by atoms with van der Waals surface area (Å²) in [6, 6.07) is 11.8. The maximum atomic E-state index is 13.5. The largest absolute Gasteiger partial charge is 0.371 e. The highest BCUT2D eigenvalue weighted by Crippen LogP contribution is 2.34. The fourth-order valence-corrected chi connectivity index (χ4v) is 6.41. The van der Waals surface area contributed by atoms with Gasteiger partial charge in [-0.15, -0.1) is 0 Å². The fraction of sp³-hybridized carbons (Fsp3) is 0.419. The molecule has 6 rings (SSSR count). The van der Waals surface area contributed by atoms with E-state index >= 15 is 0 Å². The van der Waals surface area contributed by atoms with Crippen molar-refractivity contribution in [2.24, 2.45) is 7.05 Å². The lowest BCUT2D eigenvalue weighted by Gasteiger charge is -2.35. The average molecular weight is 541 g/mol. The molecule has 0 spiro atoms. The summed E-state index contributed by atoms with van der Waals surface area (Å²) in [5, 5.41) is 1.61. The maximum Gasteiger partial charge on any atom is 0.331 e. The molecule has 9 heteroatoms. The first kappa shape index (κ1) is 26.1. The van der Waals surface area contributed by atoms with Gasteiger partial charge in [0.25, 0.3) is 5.56 Å².